The Labute approximate surface area is 138 Å². The number of nitrogens with zero attached hydrogens (tertiary/aromatic N) is 1. The molecule has 120 valence electrons. The van der Waals surface area contributed by atoms with Gasteiger partial charge in [0.1, 0.15) is 5.84 Å². The number of halogens is 1. The summed E-state index contributed by atoms with van der Waals surface area (Å²) in [7, 11) is 0. The van der Waals surface area contributed by atoms with E-state index in [0.717, 1.165) is 18.4 Å². The molecule has 1 aliphatic carbocycles. The molecule has 3 N–H and O–H groups in total. The van der Waals surface area contributed by atoms with E-state index < -0.39 is 6.03 Å². The van der Waals surface area contributed by atoms with Crippen LogP contribution in [0.1, 0.15) is 38.2 Å². The summed E-state index contributed by atoms with van der Waals surface area (Å²) in [6, 6.07) is 9.62. The minimum atomic E-state index is -0.574. The second-order valence-electron chi connectivity index (χ2n) is 5.67. The first-order valence-corrected chi connectivity index (χ1v) is 7.51. The fourth-order valence-electron chi connectivity index (χ4n) is 2.70. The van der Waals surface area contributed by atoms with Crippen LogP contribution < -0.4 is 11.1 Å². The van der Waals surface area contributed by atoms with Crippen molar-refractivity contribution in [1.29, 1.82) is 0 Å². The maximum Gasteiger partial charge on any atom is 0.317 e. The molecule has 5 heteroatoms. The molecule has 0 spiro atoms. The monoisotopic (exact) mass is 321 g/mol. The number of carbonyl (C=O) groups excluding carboxylic acids is 1. The van der Waals surface area contributed by atoms with Crippen LogP contribution in [0, 0.1) is 5.92 Å². The van der Waals surface area contributed by atoms with Crippen molar-refractivity contribution in [2.24, 2.45) is 16.6 Å². The van der Waals surface area contributed by atoms with Crippen LogP contribution in [0.3, 0.4) is 0 Å². The molecular weight excluding hydrogens is 298 g/mol. The number of primary amides is 1. The van der Waals surface area contributed by atoms with E-state index in [1.54, 1.807) is 0 Å². The lowest BCUT2D eigenvalue weighted by Gasteiger charge is -2.24. The normalized spacial score (nSPS) is 22.1. The third-order valence-corrected chi connectivity index (χ3v) is 3.71. The molecule has 1 fully saturated rings. The molecule has 2 rings (SSSR count). The molecule has 0 aromatic heterocycles. The highest BCUT2D eigenvalue weighted by Crippen LogP contribution is 2.25. The highest BCUT2D eigenvalue weighted by Gasteiger charge is 2.18. The van der Waals surface area contributed by atoms with Crippen molar-refractivity contribution in [2.45, 2.75) is 38.6 Å². The Morgan fingerprint density at radius 1 is 1.32 bits per heavy atom. The van der Waals surface area contributed by atoms with Crippen LogP contribution in [-0.4, -0.2) is 17.9 Å². The molecule has 0 bridgehead atoms. The van der Waals surface area contributed by atoms with Gasteiger partial charge in [-0.05, 0) is 30.4 Å². The van der Waals surface area contributed by atoms with Gasteiger partial charge in [0.05, 0.1) is 6.04 Å². The van der Waals surface area contributed by atoms with Crippen molar-refractivity contribution in [3.8, 4) is 0 Å². The van der Waals surface area contributed by atoms with Gasteiger partial charge in [-0.3, -0.25) is 10.3 Å². The molecule has 0 aliphatic heterocycles. The van der Waals surface area contributed by atoms with E-state index in [-0.39, 0.29) is 18.4 Å². The first-order chi connectivity index (χ1) is 10.1. The number of hydrogen-bond acceptors (Lipinski definition) is 2. The van der Waals surface area contributed by atoms with Crippen molar-refractivity contribution in [2.75, 3.05) is 0 Å². The van der Waals surface area contributed by atoms with Gasteiger partial charge >= 0.3 is 6.03 Å². The van der Waals surface area contributed by atoms with Gasteiger partial charge < -0.3 is 5.73 Å². The second kappa shape index (κ2) is 9.26. The maximum absolute atomic E-state index is 11.1. The third kappa shape index (κ3) is 6.31. The van der Waals surface area contributed by atoms with E-state index in [9.17, 15) is 4.79 Å². The van der Waals surface area contributed by atoms with Gasteiger partial charge in [-0.25, -0.2) is 4.79 Å². The predicted octanol–water partition coefficient (Wildman–Crippen LogP) is 3.77. The van der Waals surface area contributed by atoms with E-state index in [0.29, 0.717) is 11.8 Å². The molecule has 1 saturated carbocycles. The lowest BCUT2D eigenvalue weighted by molar-refractivity contribution is 0.253. The summed E-state index contributed by atoms with van der Waals surface area (Å²) in [5.41, 5.74) is 6.29. The van der Waals surface area contributed by atoms with Crippen LogP contribution in [0.25, 0.3) is 6.08 Å². The molecule has 1 aliphatic rings. The topological polar surface area (TPSA) is 67.5 Å². The van der Waals surface area contributed by atoms with Gasteiger partial charge in [0.25, 0.3) is 0 Å². The molecule has 0 radical (unpaired) electrons. The number of amides is 2. The molecule has 22 heavy (non-hydrogen) atoms. The number of benzene rings is 1. The molecule has 0 heterocycles. The average Bonchev–Trinajstić information content (AvgIpc) is 2.45. The largest absolute Gasteiger partial charge is 0.351 e. The summed E-state index contributed by atoms with van der Waals surface area (Å²) < 4.78 is 0. The number of urea groups is 1. The Hall–Kier alpha value is -1.81. The number of hydrogen-bond donors (Lipinski definition) is 2. The van der Waals surface area contributed by atoms with Gasteiger partial charge in [0.2, 0.25) is 0 Å². The summed E-state index contributed by atoms with van der Waals surface area (Å²) >= 11 is 0. The quantitative estimate of drug-likeness (QED) is 0.646. The predicted molar refractivity (Wildman–Crippen MR) is 94.3 cm³/mol. The number of carbonyl (C=O) groups is 1. The Balaban J connectivity index is 0.00000242. The zero-order valence-corrected chi connectivity index (χ0v) is 13.7. The Morgan fingerprint density at radius 3 is 2.68 bits per heavy atom. The summed E-state index contributed by atoms with van der Waals surface area (Å²) in [4.78, 5) is 15.8. The fraction of sp³-hybridized carbons (Fsp3) is 0.412. The number of aliphatic imine (C=N–C) groups is 1. The van der Waals surface area contributed by atoms with Gasteiger partial charge in [0, 0.05) is 0 Å². The SMILES string of the molecule is CC1CCCC(N=C(C=Cc2ccccc2)NC(N)=O)C1.Cl. The van der Waals surface area contributed by atoms with Crippen molar-refractivity contribution in [3.63, 3.8) is 0 Å². The fourth-order valence-corrected chi connectivity index (χ4v) is 2.70. The van der Waals surface area contributed by atoms with Crippen LogP contribution in [0.5, 0.6) is 0 Å². The number of rotatable bonds is 3. The van der Waals surface area contributed by atoms with Crippen LogP contribution in [0.2, 0.25) is 0 Å². The van der Waals surface area contributed by atoms with Crippen LogP contribution in [0.4, 0.5) is 4.79 Å². The molecule has 1 aromatic carbocycles. The maximum atomic E-state index is 11.1. The lowest BCUT2D eigenvalue weighted by atomic mass is 9.87. The first-order valence-electron chi connectivity index (χ1n) is 7.51. The highest BCUT2D eigenvalue weighted by molar-refractivity contribution is 6.05. The van der Waals surface area contributed by atoms with Crippen molar-refractivity contribution in [1.82, 2.24) is 5.32 Å². The second-order valence-corrected chi connectivity index (χ2v) is 5.67. The molecule has 2 unspecified atom stereocenters. The lowest BCUT2D eigenvalue weighted by Crippen LogP contribution is -2.35. The van der Waals surface area contributed by atoms with E-state index in [4.69, 9.17) is 5.73 Å². The molecule has 1 aromatic rings. The van der Waals surface area contributed by atoms with Gasteiger partial charge in [-0.1, -0.05) is 56.2 Å². The molecule has 2 amide bonds. The Kier molecular flexibility index (Phi) is 7.67. The molecular formula is C17H24ClN3O. The minimum Gasteiger partial charge on any atom is -0.351 e. The molecule has 2 atom stereocenters. The Morgan fingerprint density at radius 2 is 2.05 bits per heavy atom. The van der Waals surface area contributed by atoms with E-state index in [1.807, 2.05) is 42.5 Å². The number of nitrogens with two attached hydrogens (primary N) is 1. The summed E-state index contributed by atoms with van der Waals surface area (Å²) in [6.45, 7) is 2.25. The summed E-state index contributed by atoms with van der Waals surface area (Å²) in [5, 5.41) is 2.61. The molecule has 4 nitrogen and oxygen atoms in total. The van der Waals surface area contributed by atoms with E-state index in [2.05, 4.69) is 17.2 Å². The van der Waals surface area contributed by atoms with Gasteiger partial charge in [0.15, 0.2) is 0 Å². The minimum absolute atomic E-state index is 0. The summed E-state index contributed by atoms with van der Waals surface area (Å²) in [5.74, 6) is 1.24. The smallest absolute Gasteiger partial charge is 0.317 e. The van der Waals surface area contributed by atoms with E-state index in [1.165, 1.54) is 12.8 Å². The number of amidine groups is 1. The average molecular weight is 322 g/mol. The van der Waals surface area contributed by atoms with Crippen LogP contribution in [-0.2, 0) is 0 Å². The van der Waals surface area contributed by atoms with Crippen LogP contribution >= 0.6 is 12.4 Å². The van der Waals surface area contributed by atoms with Crippen molar-refractivity contribution < 1.29 is 4.79 Å². The Bertz CT molecular complexity index is 528. The number of nitrogens with one attached hydrogen (secondary N) is 1. The highest BCUT2D eigenvalue weighted by atomic mass is 35.5. The van der Waals surface area contributed by atoms with Gasteiger partial charge in [-0.2, -0.15) is 0 Å². The van der Waals surface area contributed by atoms with Crippen molar-refractivity contribution >= 4 is 30.3 Å². The zero-order valence-electron chi connectivity index (χ0n) is 12.9. The standard InChI is InChI=1S/C17H23N3O.ClH/c1-13-6-5-9-15(12-13)19-16(20-17(18)21)11-10-14-7-3-2-4-8-14;/h2-4,7-8,10-11,13,15H,5-6,9,12H2,1H3,(H3,18,19,20,21);1H. The van der Waals surface area contributed by atoms with Crippen LogP contribution in [0.15, 0.2) is 41.4 Å². The summed E-state index contributed by atoms with van der Waals surface area (Å²) in [6.07, 6.45) is 8.36. The zero-order chi connectivity index (χ0) is 15.1. The van der Waals surface area contributed by atoms with E-state index >= 15 is 0 Å². The molecule has 0 saturated heterocycles. The first kappa shape index (κ1) is 18.2. The van der Waals surface area contributed by atoms with Gasteiger partial charge in [-0.15, -0.1) is 12.4 Å². The third-order valence-electron chi connectivity index (χ3n) is 3.71. The van der Waals surface area contributed by atoms with Crippen molar-refractivity contribution in [3.05, 3.63) is 42.0 Å².